The summed E-state index contributed by atoms with van der Waals surface area (Å²) in [6, 6.07) is 4.42. The highest BCUT2D eigenvalue weighted by Gasteiger charge is 2.40. The van der Waals surface area contributed by atoms with Crippen LogP contribution in [-0.2, 0) is 25.7 Å². The van der Waals surface area contributed by atoms with Crippen LogP contribution in [0.25, 0.3) is 0 Å². The SMILES string of the molecule is NC(=O)C1CCC(C(=O)Nc2cccc3c2CN(C2CCC(=O)NC2=O)C3=O)CC1. The van der Waals surface area contributed by atoms with Gasteiger partial charge in [0, 0.05) is 41.6 Å². The molecular weight excluding hydrogens is 388 g/mol. The van der Waals surface area contributed by atoms with Crippen molar-refractivity contribution < 1.29 is 24.0 Å². The molecule has 5 amide bonds. The normalized spacial score (nSPS) is 26.2. The number of hydrogen-bond acceptors (Lipinski definition) is 5. The molecule has 0 aromatic heterocycles. The molecule has 4 N–H and O–H groups in total. The zero-order valence-electron chi connectivity index (χ0n) is 16.5. The number of fused-ring (bicyclic) bond motifs is 1. The molecular formula is C21H24N4O5. The predicted octanol–water partition coefficient (Wildman–Crippen LogP) is 0.678. The summed E-state index contributed by atoms with van der Waals surface area (Å²) >= 11 is 0. The third kappa shape index (κ3) is 3.67. The van der Waals surface area contributed by atoms with E-state index in [-0.39, 0.29) is 54.9 Å². The zero-order valence-corrected chi connectivity index (χ0v) is 16.5. The molecule has 1 unspecified atom stereocenters. The molecule has 0 bridgehead atoms. The number of amides is 5. The molecule has 1 aliphatic carbocycles. The van der Waals surface area contributed by atoms with E-state index in [2.05, 4.69) is 10.6 Å². The Bertz CT molecular complexity index is 935. The maximum absolute atomic E-state index is 12.9. The number of imide groups is 1. The lowest BCUT2D eigenvalue weighted by molar-refractivity contribution is -0.137. The van der Waals surface area contributed by atoms with Crippen LogP contribution >= 0.6 is 0 Å². The van der Waals surface area contributed by atoms with Gasteiger partial charge in [-0.3, -0.25) is 29.3 Å². The molecule has 1 aromatic carbocycles. The lowest BCUT2D eigenvalue weighted by Crippen LogP contribution is -2.52. The van der Waals surface area contributed by atoms with Gasteiger partial charge in [-0.2, -0.15) is 0 Å². The fraction of sp³-hybridized carbons (Fsp3) is 0.476. The molecule has 3 aliphatic rings. The Morgan fingerprint density at radius 3 is 2.40 bits per heavy atom. The van der Waals surface area contributed by atoms with Crippen LogP contribution in [0, 0.1) is 11.8 Å². The lowest BCUT2D eigenvalue weighted by Gasteiger charge is -2.29. The van der Waals surface area contributed by atoms with Crippen LogP contribution in [-0.4, -0.2) is 40.5 Å². The number of piperidine rings is 1. The predicted molar refractivity (Wildman–Crippen MR) is 106 cm³/mol. The van der Waals surface area contributed by atoms with Crippen molar-refractivity contribution in [2.24, 2.45) is 17.6 Å². The topological polar surface area (TPSA) is 139 Å². The molecule has 158 valence electrons. The number of anilines is 1. The molecule has 0 spiro atoms. The number of rotatable bonds is 4. The van der Waals surface area contributed by atoms with Gasteiger partial charge in [0.15, 0.2) is 0 Å². The third-order valence-corrected chi connectivity index (χ3v) is 6.34. The molecule has 1 atom stereocenters. The summed E-state index contributed by atoms with van der Waals surface area (Å²) in [6.07, 6.45) is 2.86. The fourth-order valence-electron chi connectivity index (χ4n) is 4.58. The minimum Gasteiger partial charge on any atom is -0.369 e. The van der Waals surface area contributed by atoms with E-state index < -0.39 is 11.9 Å². The smallest absolute Gasteiger partial charge is 0.255 e. The highest BCUT2D eigenvalue weighted by molar-refractivity contribution is 6.06. The second kappa shape index (κ2) is 7.89. The van der Waals surface area contributed by atoms with Crippen LogP contribution in [0.1, 0.15) is 54.4 Å². The van der Waals surface area contributed by atoms with Crippen molar-refractivity contribution in [2.75, 3.05) is 5.32 Å². The van der Waals surface area contributed by atoms with Crippen LogP contribution in [0.4, 0.5) is 5.69 Å². The molecule has 1 aromatic rings. The summed E-state index contributed by atoms with van der Waals surface area (Å²) in [7, 11) is 0. The number of nitrogens with zero attached hydrogens (tertiary/aromatic N) is 1. The van der Waals surface area contributed by atoms with Gasteiger partial charge in [-0.25, -0.2) is 0 Å². The molecule has 1 saturated heterocycles. The van der Waals surface area contributed by atoms with Crippen molar-refractivity contribution in [3.05, 3.63) is 29.3 Å². The van der Waals surface area contributed by atoms with Gasteiger partial charge in [-0.1, -0.05) is 6.07 Å². The van der Waals surface area contributed by atoms with Gasteiger partial charge >= 0.3 is 0 Å². The maximum atomic E-state index is 12.9. The van der Waals surface area contributed by atoms with Gasteiger partial charge in [0.2, 0.25) is 23.6 Å². The standard InChI is InChI=1S/C21H24N4O5/c22-18(27)11-4-6-12(7-5-11)19(28)23-15-3-1-2-13-14(15)10-25(21(13)30)16-8-9-17(26)24-20(16)29/h1-3,11-12,16H,4-10H2,(H2,22,27)(H,23,28)(H,24,26,29). The number of carbonyl (C=O) groups excluding carboxylic acids is 5. The van der Waals surface area contributed by atoms with Gasteiger partial charge in [-0.15, -0.1) is 0 Å². The number of carbonyl (C=O) groups is 5. The number of benzene rings is 1. The van der Waals surface area contributed by atoms with E-state index in [0.29, 0.717) is 42.5 Å². The van der Waals surface area contributed by atoms with Gasteiger partial charge in [0.05, 0.1) is 0 Å². The molecule has 0 radical (unpaired) electrons. The second-order valence-corrected chi connectivity index (χ2v) is 8.17. The van der Waals surface area contributed by atoms with Crippen molar-refractivity contribution in [1.29, 1.82) is 0 Å². The molecule has 2 fully saturated rings. The van der Waals surface area contributed by atoms with Gasteiger partial charge in [-0.05, 0) is 44.2 Å². The van der Waals surface area contributed by atoms with E-state index >= 15 is 0 Å². The fourth-order valence-corrected chi connectivity index (χ4v) is 4.58. The van der Waals surface area contributed by atoms with Crippen molar-refractivity contribution in [3.63, 3.8) is 0 Å². The van der Waals surface area contributed by atoms with Crippen LogP contribution in [0.5, 0.6) is 0 Å². The second-order valence-electron chi connectivity index (χ2n) is 8.17. The molecule has 4 rings (SSSR count). The Morgan fingerprint density at radius 1 is 1.03 bits per heavy atom. The first-order valence-electron chi connectivity index (χ1n) is 10.2. The molecule has 9 nitrogen and oxygen atoms in total. The summed E-state index contributed by atoms with van der Waals surface area (Å²) in [5.41, 5.74) is 7.04. The van der Waals surface area contributed by atoms with E-state index in [1.807, 2.05) is 0 Å². The lowest BCUT2D eigenvalue weighted by atomic mass is 9.81. The number of nitrogens with two attached hydrogens (primary N) is 1. The monoisotopic (exact) mass is 412 g/mol. The van der Waals surface area contributed by atoms with Crippen LogP contribution in [0.2, 0.25) is 0 Å². The van der Waals surface area contributed by atoms with E-state index in [0.717, 1.165) is 0 Å². The van der Waals surface area contributed by atoms with Gasteiger partial charge < -0.3 is 16.0 Å². The van der Waals surface area contributed by atoms with Gasteiger partial charge in [0.1, 0.15) is 6.04 Å². The minimum atomic E-state index is -0.699. The van der Waals surface area contributed by atoms with E-state index in [9.17, 15) is 24.0 Å². The van der Waals surface area contributed by atoms with Gasteiger partial charge in [0.25, 0.3) is 5.91 Å². The molecule has 1 saturated carbocycles. The first-order chi connectivity index (χ1) is 14.3. The zero-order chi connectivity index (χ0) is 21.4. The number of primary amides is 1. The first-order valence-corrected chi connectivity index (χ1v) is 10.2. The van der Waals surface area contributed by atoms with Crippen LogP contribution in [0.3, 0.4) is 0 Å². The Labute approximate surface area is 173 Å². The van der Waals surface area contributed by atoms with E-state index in [1.54, 1.807) is 18.2 Å². The summed E-state index contributed by atoms with van der Waals surface area (Å²) in [6.45, 7) is 0.200. The summed E-state index contributed by atoms with van der Waals surface area (Å²) in [5.74, 6) is -1.92. The average molecular weight is 412 g/mol. The average Bonchev–Trinajstić information content (AvgIpc) is 3.05. The molecule has 9 heteroatoms. The molecule has 30 heavy (non-hydrogen) atoms. The summed E-state index contributed by atoms with van der Waals surface area (Å²) in [5, 5.41) is 5.21. The number of nitrogens with one attached hydrogen (secondary N) is 2. The van der Waals surface area contributed by atoms with Crippen molar-refractivity contribution >= 4 is 35.2 Å². The highest BCUT2D eigenvalue weighted by Crippen LogP contribution is 2.34. The summed E-state index contributed by atoms with van der Waals surface area (Å²) < 4.78 is 0. The van der Waals surface area contributed by atoms with E-state index in [1.165, 1.54) is 4.90 Å². The Kier molecular flexibility index (Phi) is 5.27. The summed E-state index contributed by atoms with van der Waals surface area (Å²) in [4.78, 5) is 62.0. The molecule has 2 heterocycles. The number of hydrogen-bond donors (Lipinski definition) is 3. The Balaban J connectivity index is 1.46. The largest absolute Gasteiger partial charge is 0.369 e. The van der Waals surface area contributed by atoms with Crippen LogP contribution < -0.4 is 16.4 Å². The van der Waals surface area contributed by atoms with Crippen LogP contribution in [0.15, 0.2) is 18.2 Å². The quantitative estimate of drug-likeness (QED) is 0.624. The molecule has 2 aliphatic heterocycles. The third-order valence-electron chi connectivity index (χ3n) is 6.34. The highest BCUT2D eigenvalue weighted by atomic mass is 16.2. The van der Waals surface area contributed by atoms with Crippen molar-refractivity contribution in [2.45, 2.75) is 51.1 Å². The van der Waals surface area contributed by atoms with E-state index in [4.69, 9.17) is 5.73 Å². The first kappa shape index (κ1) is 20.1. The van der Waals surface area contributed by atoms with Crippen molar-refractivity contribution in [3.8, 4) is 0 Å². The minimum absolute atomic E-state index is 0.141. The Morgan fingerprint density at radius 2 is 1.73 bits per heavy atom. The van der Waals surface area contributed by atoms with Crippen molar-refractivity contribution in [1.82, 2.24) is 10.2 Å². The Hall–Kier alpha value is -3.23. The maximum Gasteiger partial charge on any atom is 0.255 e.